The van der Waals surface area contributed by atoms with Gasteiger partial charge >= 0.3 is 0 Å². The van der Waals surface area contributed by atoms with Crippen LogP contribution in [0.4, 0.5) is 15.8 Å². The fraction of sp³-hybridized carbons (Fsp3) is 0.571. The van der Waals surface area contributed by atoms with E-state index >= 15 is 0 Å². The first-order valence-corrected chi connectivity index (χ1v) is 6.61. The van der Waals surface area contributed by atoms with Crippen molar-refractivity contribution in [2.75, 3.05) is 30.3 Å². The molecule has 1 aromatic carbocycles. The summed E-state index contributed by atoms with van der Waals surface area (Å²) in [6, 6.07) is 4.89. The van der Waals surface area contributed by atoms with E-state index in [0.717, 1.165) is 38.8 Å². The van der Waals surface area contributed by atoms with Gasteiger partial charge in [0, 0.05) is 25.4 Å². The molecule has 0 aromatic heterocycles. The van der Waals surface area contributed by atoms with Crippen molar-refractivity contribution in [1.29, 1.82) is 0 Å². The van der Waals surface area contributed by atoms with Crippen LogP contribution < -0.4 is 10.6 Å². The first-order chi connectivity index (χ1) is 8.70. The van der Waals surface area contributed by atoms with E-state index in [-0.39, 0.29) is 12.4 Å². The molecule has 4 heteroatoms. The van der Waals surface area contributed by atoms with Gasteiger partial charge in [-0.3, -0.25) is 0 Å². The highest BCUT2D eigenvalue weighted by molar-refractivity contribution is 5.54. The Morgan fingerprint density at radius 2 is 2.06 bits per heavy atom. The van der Waals surface area contributed by atoms with E-state index in [1.807, 2.05) is 0 Å². The normalized spacial score (nSPS) is 17.1. The standard InChI is InChI=1S/C14H21FN2O/c15-13-10-12(16)3-4-14(13)17-7-5-11(6-8-17)2-1-9-18/h3-4,10-11,18H,1-2,5-9,16H2. The molecule has 1 aromatic rings. The number of nitrogens with two attached hydrogens (primary N) is 1. The van der Waals surface area contributed by atoms with Crippen molar-refractivity contribution in [2.24, 2.45) is 5.92 Å². The van der Waals surface area contributed by atoms with E-state index < -0.39 is 0 Å². The molecule has 100 valence electrons. The van der Waals surface area contributed by atoms with Crippen molar-refractivity contribution >= 4 is 11.4 Å². The monoisotopic (exact) mass is 252 g/mol. The van der Waals surface area contributed by atoms with Crippen molar-refractivity contribution in [1.82, 2.24) is 0 Å². The molecule has 0 radical (unpaired) electrons. The highest BCUT2D eigenvalue weighted by Crippen LogP contribution is 2.28. The number of aliphatic hydroxyl groups excluding tert-OH is 1. The fourth-order valence-corrected chi connectivity index (χ4v) is 2.62. The Labute approximate surface area is 107 Å². The van der Waals surface area contributed by atoms with Crippen LogP contribution in [-0.2, 0) is 0 Å². The summed E-state index contributed by atoms with van der Waals surface area (Å²) in [5.41, 5.74) is 6.68. The molecule has 3 nitrogen and oxygen atoms in total. The molecule has 1 aliphatic heterocycles. The van der Waals surface area contributed by atoms with E-state index in [1.165, 1.54) is 6.07 Å². The van der Waals surface area contributed by atoms with Gasteiger partial charge in [0.05, 0.1) is 5.69 Å². The average molecular weight is 252 g/mol. The molecule has 1 fully saturated rings. The Bertz CT molecular complexity index is 389. The van der Waals surface area contributed by atoms with Gasteiger partial charge in [-0.2, -0.15) is 0 Å². The van der Waals surface area contributed by atoms with E-state index in [4.69, 9.17) is 10.8 Å². The zero-order valence-corrected chi connectivity index (χ0v) is 10.6. The topological polar surface area (TPSA) is 49.5 Å². The van der Waals surface area contributed by atoms with Gasteiger partial charge < -0.3 is 15.7 Å². The van der Waals surface area contributed by atoms with Gasteiger partial charge in [-0.05, 0) is 49.8 Å². The molecule has 3 N–H and O–H groups in total. The number of halogens is 1. The van der Waals surface area contributed by atoms with Gasteiger partial charge in [-0.15, -0.1) is 0 Å². The van der Waals surface area contributed by atoms with Crippen molar-refractivity contribution < 1.29 is 9.50 Å². The minimum absolute atomic E-state index is 0.233. The third-order valence-corrected chi connectivity index (χ3v) is 3.70. The van der Waals surface area contributed by atoms with Gasteiger partial charge in [0.25, 0.3) is 0 Å². The molecule has 0 amide bonds. The maximum atomic E-state index is 13.8. The first kappa shape index (κ1) is 13.1. The lowest BCUT2D eigenvalue weighted by molar-refractivity contribution is 0.261. The zero-order chi connectivity index (χ0) is 13.0. The van der Waals surface area contributed by atoms with Crippen LogP contribution in [0.5, 0.6) is 0 Å². The van der Waals surface area contributed by atoms with Gasteiger partial charge in [-0.1, -0.05) is 0 Å². The van der Waals surface area contributed by atoms with Crippen LogP contribution >= 0.6 is 0 Å². The summed E-state index contributed by atoms with van der Waals surface area (Å²) in [7, 11) is 0. The van der Waals surface area contributed by atoms with Gasteiger partial charge in [-0.25, -0.2) is 4.39 Å². The number of piperidine rings is 1. The third-order valence-electron chi connectivity index (χ3n) is 3.70. The van der Waals surface area contributed by atoms with Crippen LogP contribution in [0, 0.1) is 11.7 Å². The van der Waals surface area contributed by atoms with Crippen LogP contribution in [0.25, 0.3) is 0 Å². The van der Waals surface area contributed by atoms with Crippen LogP contribution in [0.3, 0.4) is 0 Å². The average Bonchev–Trinajstić information content (AvgIpc) is 2.37. The Kier molecular flexibility index (Phi) is 4.42. The summed E-state index contributed by atoms with van der Waals surface area (Å²) >= 11 is 0. The first-order valence-electron chi connectivity index (χ1n) is 6.61. The lowest BCUT2D eigenvalue weighted by Gasteiger charge is -2.33. The second-order valence-electron chi connectivity index (χ2n) is 5.01. The maximum Gasteiger partial charge on any atom is 0.148 e. The summed E-state index contributed by atoms with van der Waals surface area (Å²) < 4.78 is 13.8. The van der Waals surface area contributed by atoms with Crippen LogP contribution in [-0.4, -0.2) is 24.8 Å². The van der Waals surface area contributed by atoms with Gasteiger partial charge in [0.15, 0.2) is 0 Å². The summed E-state index contributed by atoms with van der Waals surface area (Å²) in [5, 5.41) is 8.82. The van der Waals surface area contributed by atoms with Crippen molar-refractivity contribution in [3.05, 3.63) is 24.0 Å². The summed E-state index contributed by atoms with van der Waals surface area (Å²) in [6.07, 6.45) is 4.10. The molecule has 1 saturated heterocycles. The number of nitrogen functional groups attached to an aromatic ring is 1. The fourth-order valence-electron chi connectivity index (χ4n) is 2.62. The summed E-state index contributed by atoms with van der Waals surface area (Å²) in [4.78, 5) is 2.09. The summed E-state index contributed by atoms with van der Waals surface area (Å²) in [6.45, 7) is 2.04. The van der Waals surface area contributed by atoms with Crippen molar-refractivity contribution in [3.63, 3.8) is 0 Å². The Hall–Kier alpha value is -1.29. The third kappa shape index (κ3) is 3.13. The number of hydrogen-bond donors (Lipinski definition) is 2. The Balaban J connectivity index is 1.93. The lowest BCUT2D eigenvalue weighted by Crippen LogP contribution is -2.34. The molecule has 1 aliphatic rings. The minimum Gasteiger partial charge on any atom is -0.399 e. The number of anilines is 2. The summed E-state index contributed by atoms with van der Waals surface area (Å²) in [5.74, 6) is 0.439. The molecule has 0 atom stereocenters. The number of rotatable bonds is 4. The lowest BCUT2D eigenvalue weighted by atomic mass is 9.92. The van der Waals surface area contributed by atoms with E-state index in [1.54, 1.807) is 12.1 Å². The largest absolute Gasteiger partial charge is 0.399 e. The predicted octanol–water partition coefficient (Wildman–Crippen LogP) is 2.40. The van der Waals surface area contributed by atoms with Gasteiger partial charge in [0.2, 0.25) is 0 Å². The molecular formula is C14H21FN2O. The quantitative estimate of drug-likeness (QED) is 0.809. The number of nitrogens with zero attached hydrogens (tertiary/aromatic N) is 1. The Morgan fingerprint density at radius 3 is 2.67 bits per heavy atom. The minimum atomic E-state index is -0.233. The maximum absolute atomic E-state index is 13.8. The molecule has 1 heterocycles. The van der Waals surface area contributed by atoms with Crippen LogP contribution in [0.15, 0.2) is 18.2 Å². The Morgan fingerprint density at radius 1 is 1.33 bits per heavy atom. The van der Waals surface area contributed by atoms with Crippen LogP contribution in [0.2, 0.25) is 0 Å². The molecule has 0 saturated carbocycles. The van der Waals surface area contributed by atoms with Gasteiger partial charge in [0.1, 0.15) is 5.82 Å². The highest BCUT2D eigenvalue weighted by Gasteiger charge is 2.20. The van der Waals surface area contributed by atoms with E-state index in [0.29, 0.717) is 17.3 Å². The molecular weight excluding hydrogens is 231 g/mol. The highest BCUT2D eigenvalue weighted by atomic mass is 19.1. The number of aliphatic hydroxyl groups is 1. The molecule has 0 aliphatic carbocycles. The van der Waals surface area contributed by atoms with Crippen LogP contribution in [0.1, 0.15) is 25.7 Å². The predicted molar refractivity (Wildman–Crippen MR) is 72.1 cm³/mol. The van der Waals surface area contributed by atoms with E-state index in [9.17, 15) is 4.39 Å². The molecule has 0 spiro atoms. The molecule has 2 rings (SSSR count). The number of hydrogen-bond acceptors (Lipinski definition) is 3. The zero-order valence-electron chi connectivity index (χ0n) is 10.6. The van der Waals surface area contributed by atoms with Crippen molar-refractivity contribution in [3.8, 4) is 0 Å². The molecule has 18 heavy (non-hydrogen) atoms. The SMILES string of the molecule is Nc1ccc(N2CCC(CCCO)CC2)c(F)c1. The second kappa shape index (κ2) is 6.05. The smallest absolute Gasteiger partial charge is 0.148 e. The number of benzene rings is 1. The second-order valence-corrected chi connectivity index (χ2v) is 5.01. The molecule has 0 unspecified atom stereocenters. The molecule has 0 bridgehead atoms. The van der Waals surface area contributed by atoms with E-state index in [2.05, 4.69) is 4.90 Å². The van der Waals surface area contributed by atoms with Crippen molar-refractivity contribution in [2.45, 2.75) is 25.7 Å².